The summed E-state index contributed by atoms with van der Waals surface area (Å²) in [6, 6.07) is 14.2. The van der Waals surface area contributed by atoms with Crippen LogP contribution in [0.2, 0.25) is 0 Å². The monoisotopic (exact) mass is 450 g/mol. The summed E-state index contributed by atoms with van der Waals surface area (Å²) in [6.45, 7) is 3.54. The normalized spacial score (nSPS) is 13.7. The first kappa shape index (κ1) is 23.8. The highest BCUT2D eigenvalue weighted by atomic mass is 16.6. The van der Waals surface area contributed by atoms with Gasteiger partial charge in [-0.15, -0.1) is 0 Å². The Morgan fingerprint density at radius 3 is 2.58 bits per heavy atom. The second-order valence-corrected chi connectivity index (χ2v) is 7.21. The second kappa shape index (κ2) is 11.7. The molecule has 33 heavy (non-hydrogen) atoms. The van der Waals surface area contributed by atoms with Crippen molar-refractivity contribution >= 4 is 18.0 Å². The molecule has 1 aliphatic heterocycles. The first-order valence-corrected chi connectivity index (χ1v) is 10.6. The van der Waals surface area contributed by atoms with Crippen LogP contribution < -0.4 is 14.2 Å². The molecule has 3 rings (SSSR count). The molecular formula is C25H26N2O6. The van der Waals surface area contributed by atoms with Crippen LogP contribution in [0.3, 0.4) is 0 Å². The maximum absolute atomic E-state index is 12.6. The van der Waals surface area contributed by atoms with Gasteiger partial charge in [-0.2, -0.15) is 5.26 Å². The summed E-state index contributed by atoms with van der Waals surface area (Å²) in [5.74, 6) is 0.216. The van der Waals surface area contributed by atoms with Crippen molar-refractivity contribution in [2.45, 2.75) is 13.3 Å². The molecule has 172 valence electrons. The molecular weight excluding hydrogens is 424 g/mol. The predicted molar refractivity (Wildman–Crippen MR) is 121 cm³/mol. The summed E-state index contributed by atoms with van der Waals surface area (Å²) in [6.07, 6.45) is 2.27. The van der Waals surface area contributed by atoms with Crippen LogP contribution in [0.5, 0.6) is 17.2 Å². The van der Waals surface area contributed by atoms with Crippen molar-refractivity contribution in [3.63, 3.8) is 0 Å². The fourth-order valence-corrected chi connectivity index (χ4v) is 3.33. The minimum absolute atomic E-state index is 0.00619. The maximum Gasteiger partial charge on any atom is 0.349 e. The molecule has 8 heteroatoms. The number of nitriles is 1. The third-order valence-corrected chi connectivity index (χ3v) is 5.07. The zero-order valence-corrected chi connectivity index (χ0v) is 18.7. The van der Waals surface area contributed by atoms with E-state index < -0.39 is 5.97 Å². The molecule has 0 saturated carbocycles. The molecule has 0 aliphatic carbocycles. The van der Waals surface area contributed by atoms with Gasteiger partial charge in [0.25, 0.3) is 5.91 Å². The molecule has 0 radical (unpaired) electrons. The minimum Gasteiger partial charge on any atom is -0.493 e. The number of aryl methyl sites for hydroxylation is 1. The number of esters is 1. The third-order valence-electron chi connectivity index (χ3n) is 5.07. The van der Waals surface area contributed by atoms with E-state index in [9.17, 15) is 14.9 Å². The molecule has 1 fully saturated rings. The molecule has 0 bridgehead atoms. The number of ether oxygens (including phenoxy) is 4. The van der Waals surface area contributed by atoms with Gasteiger partial charge in [0, 0.05) is 13.1 Å². The average molecular weight is 450 g/mol. The molecule has 2 aromatic rings. The molecule has 0 N–H and O–H groups in total. The van der Waals surface area contributed by atoms with Crippen LogP contribution in [0, 0.1) is 11.3 Å². The quantitative estimate of drug-likeness (QED) is 0.264. The first-order valence-electron chi connectivity index (χ1n) is 10.6. The Morgan fingerprint density at radius 1 is 1.12 bits per heavy atom. The Hall–Kier alpha value is -3.83. The van der Waals surface area contributed by atoms with Crippen LogP contribution in [-0.4, -0.2) is 56.8 Å². The van der Waals surface area contributed by atoms with E-state index in [1.807, 2.05) is 31.2 Å². The van der Waals surface area contributed by atoms with Crippen LogP contribution in [0.1, 0.15) is 18.1 Å². The molecule has 8 nitrogen and oxygen atoms in total. The number of nitrogens with zero attached hydrogens (tertiary/aromatic N) is 2. The molecule has 0 atom stereocenters. The second-order valence-electron chi connectivity index (χ2n) is 7.21. The SMILES string of the molecule is CCc1ccccc1OCC(=O)Oc1ccc(/C=C(\C#N)C(=O)N2CCOCC2)cc1OC. The Kier molecular flexibility index (Phi) is 8.44. The van der Waals surface area contributed by atoms with Gasteiger partial charge in [-0.25, -0.2) is 4.79 Å². The van der Waals surface area contributed by atoms with E-state index >= 15 is 0 Å². The summed E-state index contributed by atoms with van der Waals surface area (Å²) in [5, 5.41) is 9.47. The van der Waals surface area contributed by atoms with E-state index in [0.717, 1.165) is 12.0 Å². The number of amides is 1. The summed E-state index contributed by atoms with van der Waals surface area (Å²) < 4.78 is 21.6. The number of rotatable bonds is 8. The van der Waals surface area contributed by atoms with Gasteiger partial charge < -0.3 is 23.8 Å². The highest BCUT2D eigenvalue weighted by Crippen LogP contribution is 2.29. The van der Waals surface area contributed by atoms with E-state index in [1.165, 1.54) is 13.2 Å². The Balaban J connectivity index is 1.68. The lowest BCUT2D eigenvalue weighted by Gasteiger charge is -2.26. The van der Waals surface area contributed by atoms with Crippen molar-refractivity contribution in [1.29, 1.82) is 5.26 Å². The number of benzene rings is 2. The van der Waals surface area contributed by atoms with Gasteiger partial charge in [-0.05, 0) is 41.8 Å². The Labute approximate surface area is 192 Å². The van der Waals surface area contributed by atoms with Gasteiger partial charge in [0.15, 0.2) is 18.1 Å². The smallest absolute Gasteiger partial charge is 0.349 e. The molecule has 0 spiro atoms. The average Bonchev–Trinajstić information content (AvgIpc) is 2.87. The van der Waals surface area contributed by atoms with Gasteiger partial charge in [0.2, 0.25) is 0 Å². The molecule has 0 unspecified atom stereocenters. The number of morpholine rings is 1. The fourth-order valence-electron chi connectivity index (χ4n) is 3.33. The van der Waals surface area contributed by atoms with Gasteiger partial charge in [-0.3, -0.25) is 4.79 Å². The molecule has 1 amide bonds. The Morgan fingerprint density at radius 2 is 1.88 bits per heavy atom. The summed E-state index contributed by atoms with van der Waals surface area (Å²) in [5.41, 5.74) is 1.57. The lowest BCUT2D eigenvalue weighted by molar-refractivity contribution is -0.136. The van der Waals surface area contributed by atoms with Gasteiger partial charge in [0.05, 0.1) is 20.3 Å². The topological polar surface area (TPSA) is 98.1 Å². The van der Waals surface area contributed by atoms with Crippen molar-refractivity contribution in [2.24, 2.45) is 0 Å². The van der Waals surface area contributed by atoms with Crippen molar-refractivity contribution < 1.29 is 28.5 Å². The number of carbonyl (C=O) groups excluding carboxylic acids is 2. The Bertz CT molecular complexity index is 1070. The molecule has 2 aromatic carbocycles. The molecule has 1 heterocycles. The highest BCUT2D eigenvalue weighted by Gasteiger charge is 2.21. The number of hydrogen-bond donors (Lipinski definition) is 0. The fraction of sp³-hybridized carbons (Fsp3) is 0.320. The van der Waals surface area contributed by atoms with Gasteiger partial charge in [-0.1, -0.05) is 31.2 Å². The van der Waals surface area contributed by atoms with Crippen molar-refractivity contribution in [2.75, 3.05) is 40.0 Å². The minimum atomic E-state index is -0.581. The molecule has 0 aromatic heterocycles. The number of para-hydroxylation sites is 1. The predicted octanol–water partition coefficient (Wildman–Crippen LogP) is 3.01. The summed E-state index contributed by atoms with van der Waals surface area (Å²) in [4.78, 5) is 26.5. The first-order chi connectivity index (χ1) is 16.0. The number of carbonyl (C=O) groups is 2. The van der Waals surface area contributed by atoms with Crippen LogP contribution in [-0.2, 0) is 20.7 Å². The van der Waals surface area contributed by atoms with Crippen molar-refractivity contribution in [3.8, 4) is 23.3 Å². The van der Waals surface area contributed by atoms with Crippen LogP contribution in [0.15, 0.2) is 48.0 Å². The largest absolute Gasteiger partial charge is 0.493 e. The summed E-state index contributed by atoms with van der Waals surface area (Å²) in [7, 11) is 1.44. The van der Waals surface area contributed by atoms with E-state index in [1.54, 1.807) is 29.2 Å². The molecule has 1 aliphatic rings. The standard InChI is InChI=1S/C25H26N2O6/c1-3-19-6-4-5-7-21(19)32-17-24(28)33-22-9-8-18(15-23(22)30-2)14-20(16-26)25(29)27-10-12-31-13-11-27/h4-9,14-15H,3,10-13,17H2,1-2H3/b20-14+. The zero-order chi connectivity index (χ0) is 23.6. The third kappa shape index (κ3) is 6.34. The van der Waals surface area contributed by atoms with Crippen molar-refractivity contribution in [1.82, 2.24) is 4.90 Å². The van der Waals surface area contributed by atoms with Crippen molar-refractivity contribution in [3.05, 3.63) is 59.2 Å². The number of methoxy groups -OCH3 is 1. The van der Waals surface area contributed by atoms with E-state index in [2.05, 4.69) is 0 Å². The van der Waals surface area contributed by atoms with E-state index in [4.69, 9.17) is 18.9 Å². The molecule has 1 saturated heterocycles. The van der Waals surface area contributed by atoms with E-state index in [0.29, 0.717) is 43.4 Å². The zero-order valence-electron chi connectivity index (χ0n) is 18.7. The number of hydrogen-bond acceptors (Lipinski definition) is 7. The highest BCUT2D eigenvalue weighted by molar-refractivity contribution is 6.01. The van der Waals surface area contributed by atoms with E-state index in [-0.39, 0.29) is 23.8 Å². The van der Waals surface area contributed by atoms with Crippen LogP contribution in [0.4, 0.5) is 0 Å². The van der Waals surface area contributed by atoms with Crippen LogP contribution >= 0.6 is 0 Å². The van der Waals surface area contributed by atoms with Crippen LogP contribution in [0.25, 0.3) is 6.08 Å². The maximum atomic E-state index is 12.6. The van der Waals surface area contributed by atoms with Gasteiger partial charge in [0.1, 0.15) is 17.4 Å². The summed E-state index contributed by atoms with van der Waals surface area (Å²) >= 11 is 0. The lowest BCUT2D eigenvalue weighted by atomic mass is 10.1. The van der Waals surface area contributed by atoms with Gasteiger partial charge >= 0.3 is 5.97 Å². The lowest BCUT2D eigenvalue weighted by Crippen LogP contribution is -2.41.